The van der Waals surface area contributed by atoms with Gasteiger partial charge in [0.1, 0.15) is 11.0 Å². The summed E-state index contributed by atoms with van der Waals surface area (Å²) in [4.78, 5) is 18.1. The van der Waals surface area contributed by atoms with Gasteiger partial charge in [-0.05, 0) is 54.8 Å². The lowest BCUT2D eigenvalue weighted by Gasteiger charge is -2.29. The van der Waals surface area contributed by atoms with Crippen molar-refractivity contribution >= 4 is 68.6 Å². The normalized spacial score (nSPS) is 18.0. The van der Waals surface area contributed by atoms with Crippen LogP contribution in [-0.4, -0.2) is 39.6 Å². The van der Waals surface area contributed by atoms with Crippen LogP contribution >= 0.6 is 35.1 Å². The van der Waals surface area contributed by atoms with Gasteiger partial charge in [0.15, 0.2) is 0 Å². The summed E-state index contributed by atoms with van der Waals surface area (Å²) in [6.45, 7) is 0.705. The molecule has 30 heavy (non-hydrogen) atoms. The average molecular weight is 483 g/mol. The maximum absolute atomic E-state index is 12.8. The molecule has 158 valence electrons. The third-order valence-electron chi connectivity index (χ3n) is 4.95. The van der Waals surface area contributed by atoms with Crippen molar-refractivity contribution in [2.75, 3.05) is 18.3 Å². The van der Waals surface area contributed by atoms with E-state index in [1.807, 2.05) is 31.3 Å². The molecule has 2 atom stereocenters. The van der Waals surface area contributed by atoms with Crippen LogP contribution in [0.15, 0.2) is 52.4 Å². The number of H-pyrrole nitrogens is 1. The first-order chi connectivity index (χ1) is 14.4. The maximum atomic E-state index is 12.8. The second-order valence-electron chi connectivity index (χ2n) is 7.05. The Balaban J connectivity index is 1.39. The van der Waals surface area contributed by atoms with Crippen LogP contribution in [-0.2, 0) is 15.8 Å². The van der Waals surface area contributed by atoms with Gasteiger partial charge in [0.2, 0.25) is 5.91 Å². The van der Waals surface area contributed by atoms with Crippen molar-refractivity contribution in [3.05, 3.63) is 52.6 Å². The molecule has 0 radical (unpaired) electrons. The van der Waals surface area contributed by atoms with Gasteiger partial charge < -0.3 is 9.88 Å². The minimum atomic E-state index is -1.44. The summed E-state index contributed by atoms with van der Waals surface area (Å²) in [7, 11) is 0.384. The zero-order valence-corrected chi connectivity index (χ0v) is 19.2. The second kappa shape index (κ2) is 9.20. The molecule has 3 aromatic rings. The molecule has 1 fully saturated rings. The summed E-state index contributed by atoms with van der Waals surface area (Å²) >= 11 is 13.9. The molecule has 6 nitrogen and oxygen atoms in total. The molecular weight excluding hydrogens is 463 g/mol. The molecule has 10 heteroatoms. The number of fused-ring (bicyclic) bond motifs is 1. The predicted molar refractivity (Wildman–Crippen MR) is 124 cm³/mol. The minimum Gasteiger partial charge on any atom is -0.358 e. The molecule has 1 amide bonds. The molecule has 2 heterocycles. The number of halogens is 2. The highest BCUT2D eigenvalue weighted by Gasteiger charge is 2.22. The SMILES string of the molecule is CN1CC(NSc2ccc(S(=O)Nc3ccc(Cl)c4c(Cl)c[nH]c34)cc2)CCC1=O. The fourth-order valence-corrected chi connectivity index (χ4v) is 5.50. The Labute approximate surface area is 191 Å². The van der Waals surface area contributed by atoms with E-state index >= 15 is 0 Å². The molecule has 1 aliphatic rings. The van der Waals surface area contributed by atoms with Crippen LogP contribution in [0.2, 0.25) is 10.0 Å². The van der Waals surface area contributed by atoms with Gasteiger partial charge in [-0.25, -0.2) is 4.21 Å². The van der Waals surface area contributed by atoms with Gasteiger partial charge in [-0.3, -0.25) is 14.2 Å². The third kappa shape index (κ3) is 4.63. The number of carbonyl (C=O) groups excluding carboxylic acids is 1. The Morgan fingerprint density at radius 1 is 1.17 bits per heavy atom. The Bertz CT molecular complexity index is 1100. The smallest absolute Gasteiger partial charge is 0.222 e. The van der Waals surface area contributed by atoms with E-state index in [1.54, 1.807) is 23.2 Å². The first-order valence-electron chi connectivity index (χ1n) is 9.32. The molecular formula is C20H20Cl2N4O2S2. The molecule has 1 saturated heterocycles. The quantitative estimate of drug-likeness (QED) is 0.439. The van der Waals surface area contributed by atoms with Crippen LogP contribution in [0.1, 0.15) is 12.8 Å². The largest absolute Gasteiger partial charge is 0.358 e. The van der Waals surface area contributed by atoms with Crippen molar-refractivity contribution in [3.63, 3.8) is 0 Å². The molecule has 1 aliphatic heterocycles. The van der Waals surface area contributed by atoms with Gasteiger partial charge in [-0.15, -0.1) is 0 Å². The van der Waals surface area contributed by atoms with E-state index in [-0.39, 0.29) is 11.9 Å². The summed E-state index contributed by atoms with van der Waals surface area (Å²) in [5.74, 6) is 0.192. The lowest BCUT2D eigenvalue weighted by atomic mass is 10.1. The molecule has 0 spiro atoms. The summed E-state index contributed by atoms with van der Waals surface area (Å²) in [5.41, 5.74) is 1.38. The molecule has 2 unspecified atom stereocenters. The number of benzene rings is 2. The highest BCUT2D eigenvalue weighted by atomic mass is 35.5. The summed E-state index contributed by atoms with van der Waals surface area (Å²) in [6, 6.07) is 11.3. The number of likely N-dealkylation sites (N-methyl/N-ethyl adjacent to an activating group) is 1. The van der Waals surface area contributed by atoms with Gasteiger partial charge >= 0.3 is 0 Å². The number of likely N-dealkylation sites (tertiary alicyclic amines) is 1. The Kier molecular flexibility index (Phi) is 6.60. The first kappa shape index (κ1) is 21.5. The summed E-state index contributed by atoms with van der Waals surface area (Å²) in [6.07, 6.45) is 3.06. The van der Waals surface area contributed by atoms with Gasteiger partial charge in [-0.1, -0.05) is 23.2 Å². The van der Waals surface area contributed by atoms with Gasteiger partial charge in [0, 0.05) is 42.5 Å². The van der Waals surface area contributed by atoms with Crippen molar-refractivity contribution in [2.24, 2.45) is 0 Å². The summed E-state index contributed by atoms with van der Waals surface area (Å²) in [5, 5.41) is 1.76. The summed E-state index contributed by atoms with van der Waals surface area (Å²) < 4.78 is 19.2. The van der Waals surface area contributed by atoms with Crippen LogP contribution in [0, 0.1) is 0 Å². The fourth-order valence-electron chi connectivity index (χ4n) is 3.30. The average Bonchev–Trinajstić information content (AvgIpc) is 3.14. The number of anilines is 1. The number of hydrogen-bond acceptors (Lipinski definition) is 4. The standard InChI is InChI=1S/C20H20Cl2N4O2S2/c1-26-11-12(2-9-18(26)27)24-29-13-3-5-14(6-4-13)30(28)25-17-8-7-15(21)19-16(22)10-23-20(17)19/h3-8,10,12,23-25H,2,9,11H2,1H3. The van der Waals surface area contributed by atoms with Crippen LogP contribution < -0.4 is 9.44 Å². The number of hydrogen-bond donors (Lipinski definition) is 3. The predicted octanol–water partition coefficient (Wildman–Crippen LogP) is 4.83. The van der Waals surface area contributed by atoms with Crippen molar-refractivity contribution < 1.29 is 9.00 Å². The number of piperidine rings is 1. The molecule has 4 rings (SSSR count). The van der Waals surface area contributed by atoms with Crippen molar-refractivity contribution in [2.45, 2.75) is 28.7 Å². The zero-order chi connectivity index (χ0) is 21.3. The van der Waals surface area contributed by atoms with Gasteiger partial charge in [0.05, 0.1) is 26.1 Å². The number of nitrogens with one attached hydrogen (secondary N) is 3. The van der Waals surface area contributed by atoms with Gasteiger partial charge in [-0.2, -0.15) is 0 Å². The lowest BCUT2D eigenvalue weighted by molar-refractivity contribution is -0.132. The lowest BCUT2D eigenvalue weighted by Crippen LogP contribution is -2.44. The molecule has 0 bridgehead atoms. The first-order valence-corrected chi connectivity index (χ1v) is 12.0. The second-order valence-corrected chi connectivity index (χ2v) is 9.99. The number of carbonyl (C=O) groups is 1. The van der Waals surface area contributed by atoms with Crippen molar-refractivity contribution in [3.8, 4) is 0 Å². The number of nitrogens with zero attached hydrogens (tertiary/aromatic N) is 1. The zero-order valence-electron chi connectivity index (χ0n) is 16.1. The Morgan fingerprint density at radius 3 is 2.67 bits per heavy atom. The monoisotopic (exact) mass is 482 g/mol. The van der Waals surface area contributed by atoms with E-state index in [1.165, 1.54) is 11.9 Å². The number of aromatic amines is 1. The molecule has 0 saturated carbocycles. The molecule has 2 aromatic carbocycles. The highest BCUT2D eigenvalue weighted by molar-refractivity contribution is 7.97. The van der Waals surface area contributed by atoms with Crippen molar-refractivity contribution in [1.29, 1.82) is 0 Å². The molecule has 3 N–H and O–H groups in total. The van der Waals surface area contributed by atoms with Crippen LogP contribution in [0.5, 0.6) is 0 Å². The topological polar surface area (TPSA) is 77.2 Å². The van der Waals surface area contributed by atoms with Crippen LogP contribution in [0.25, 0.3) is 10.9 Å². The van der Waals surface area contributed by atoms with E-state index in [0.717, 1.165) is 11.3 Å². The van der Waals surface area contributed by atoms with E-state index in [9.17, 15) is 9.00 Å². The molecule has 0 aliphatic carbocycles. The van der Waals surface area contributed by atoms with Gasteiger partial charge in [0.25, 0.3) is 0 Å². The fraction of sp³-hybridized carbons (Fsp3) is 0.250. The van der Waals surface area contributed by atoms with Crippen LogP contribution in [0.3, 0.4) is 0 Å². The van der Waals surface area contributed by atoms with E-state index in [0.29, 0.717) is 44.5 Å². The number of amides is 1. The Morgan fingerprint density at radius 2 is 1.93 bits per heavy atom. The minimum absolute atomic E-state index is 0.192. The van der Waals surface area contributed by atoms with E-state index < -0.39 is 11.0 Å². The number of rotatable bonds is 6. The van der Waals surface area contributed by atoms with Crippen LogP contribution in [0.4, 0.5) is 5.69 Å². The third-order valence-corrected chi connectivity index (χ3v) is 7.62. The highest BCUT2D eigenvalue weighted by Crippen LogP contribution is 2.35. The maximum Gasteiger partial charge on any atom is 0.222 e. The Hall–Kier alpha value is -1.71. The van der Waals surface area contributed by atoms with E-state index in [4.69, 9.17) is 23.2 Å². The number of aromatic nitrogens is 1. The van der Waals surface area contributed by atoms with E-state index in [2.05, 4.69) is 14.4 Å². The molecule has 1 aromatic heterocycles. The van der Waals surface area contributed by atoms with Crippen molar-refractivity contribution in [1.82, 2.24) is 14.6 Å².